The molecule has 0 radical (unpaired) electrons. The fourth-order valence-electron chi connectivity index (χ4n) is 1.85. The first kappa shape index (κ1) is 8.93. The lowest BCUT2D eigenvalue weighted by atomic mass is 9.82. The zero-order chi connectivity index (χ0) is 10.1. The minimum atomic E-state index is -0.464. The monoisotopic (exact) mass is 194 g/mol. The lowest BCUT2D eigenvalue weighted by Crippen LogP contribution is -2.41. The van der Waals surface area contributed by atoms with Gasteiger partial charge in [-0.2, -0.15) is 0 Å². The third kappa shape index (κ3) is 1.41. The van der Waals surface area contributed by atoms with Gasteiger partial charge in [0.25, 0.3) is 5.70 Å². The van der Waals surface area contributed by atoms with E-state index in [1.165, 1.54) is 12.2 Å². The summed E-state index contributed by atoms with van der Waals surface area (Å²) >= 11 is 0. The largest absolute Gasteiger partial charge is 0.356 e. The molecule has 0 aromatic carbocycles. The molecular formula is C9H10N2O3. The second-order valence-corrected chi connectivity index (χ2v) is 3.48. The van der Waals surface area contributed by atoms with E-state index < -0.39 is 4.92 Å². The van der Waals surface area contributed by atoms with E-state index in [-0.39, 0.29) is 23.4 Å². The lowest BCUT2D eigenvalue weighted by Gasteiger charge is -2.28. The topological polar surface area (TPSA) is 72.2 Å². The fraction of sp³-hybridized carbons (Fsp3) is 0.444. The van der Waals surface area contributed by atoms with Gasteiger partial charge in [-0.1, -0.05) is 6.08 Å². The Morgan fingerprint density at radius 1 is 1.57 bits per heavy atom. The third-order valence-corrected chi connectivity index (χ3v) is 2.62. The van der Waals surface area contributed by atoms with Crippen molar-refractivity contribution >= 4 is 5.91 Å². The smallest absolute Gasteiger partial charge is 0.265 e. The maximum absolute atomic E-state index is 11.4. The molecule has 5 heteroatoms. The summed E-state index contributed by atoms with van der Waals surface area (Å²) in [5.74, 6) is -0.327. The molecule has 1 N–H and O–H groups in total. The van der Waals surface area contributed by atoms with Crippen LogP contribution in [-0.2, 0) is 4.79 Å². The zero-order valence-electron chi connectivity index (χ0n) is 7.47. The highest BCUT2D eigenvalue weighted by atomic mass is 16.6. The van der Waals surface area contributed by atoms with Crippen molar-refractivity contribution in [3.05, 3.63) is 34.0 Å². The first-order valence-corrected chi connectivity index (χ1v) is 4.50. The van der Waals surface area contributed by atoms with Gasteiger partial charge in [0.2, 0.25) is 5.91 Å². The van der Waals surface area contributed by atoms with Crippen LogP contribution >= 0.6 is 0 Å². The van der Waals surface area contributed by atoms with Crippen LogP contribution in [0.2, 0.25) is 0 Å². The molecule has 2 rings (SSSR count). The Bertz CT molecular complexity index is 346. The van der Waals surface area contributed by atoms with E-state index in [2.05, 4.69) is 5.32 Å². The van der Waals surface area contributed by atoms with Crippen LogP contribution in [0.5, 0.6) is 0 Å². The van der Waals surface area contributed by atoms with Crippen LogP contribution in [-0.4, -0.2) is 17.4 Å². The van der Waals surface area contributed by atoms with Crippen molar-refractivity contribution in [1.82, 2.24) is 5.32 Å². The van der Waals surface area contributed by atoms with Gasteiger partial charge >= 0.3 is 0 Å². The quantitative estimate of drug-likeness (QED) is 0.487. The molecule has 2 aliphatic rings. The van der Waals surface area contributed by atoms with Gasteiger partial charge < -0.3 is 5.32 Å². The van der Waals surface area contributed by atoms with Gasteiger partial charge in [-0.25, -0.2) is 0 Å². The van der Waals surface area contributed by atoms with Gasteiger partial charge in [0.15, 0.2) is 0 Å². The van der Waals surface area contributed by atoms with Gasteiger partial charge in [0.1, 0.15) is 0 Å². The van der Waals surface area contributed by atoms with Gasteiger partial charge in [0, 0.05) is 18.7 Å². The standard InChI is InChI=1S/C9H10N2O3/c12-9-8-5-7(11(13)14)2-1-6(8)3-4-10-9/h1-2,5-6,8H,3-4H2,(H,10,12)/t6-,8+/m0/s1. The molecule has 0 spiro atoms. The van der Waals surface area contributed by atoms with Crippen LogP contribution in [0.3, 0.4) is 0 Å². The summed E-state index contributed by atoms with van der Waals surface area (Å²) in [5, 5.41) is 13.2. The van der Waals surface area contributed by atoms with E-state index in [0.717, 1.165) is 6.42 Å². The average molecular weight is 194 g/mol. The molecule has 74 valence electrons. The maximum Gasteiger partial charge on any atom is 0.265 e. The SMILES string of the molecule is O=C1NCC[C@@H]2C=CC([N+](=O)[O-])=C[C@@H]12. The van der Waals surface area contributed by atoms with E-state index in [1.54, 1.807) is 6.08 Å². The second kappa shape index (κ2) is 3.25. The number of hydrogen-bond acceptors (Lipinski definition) is 3. The Morgan fingerprint density at radius 3 is 3.07 bits per heavy atom. The average Bonchev–Trinajstić information content (AvgIpc) is 2.18. The number of piperidine rings is 1. The number of rotatable bonds is 1. The molecule has 1 aliphatic heterocycles. The number of nitrogens with one attached hydrogen (secondary N) is 1. The predicted octanol–water partition coefficient (Wildman–Crippen LogP) is 0.469. The summed E-state index contributed by atoms with van der Waals surface area (Å²) in [6, 6.07) is 0. The van der Waals surface area contributed by atoms with Gasteiger partial charge in [-0.3, -0.25) is 14.9 Å². The number of hydrogen-bond donors (Lipinski definition) is 1. The molecular weight excluding hydrogens is 184 g/mol. The van der Waals surface area contributed by atoms with Crippen LogP contribution in [0, 0.1) is 22.0 Å². The molecule has 1 heterocycles. The van der Waals surface area contributed by atoms with Gasteiger partial charge in [-0.15, -0.1) is 0 Å². The molecule has 1 amide bonds. The van der Waals surface area contributed by atoms with Crippen LogP contribution < -0.4 is 5.32 Å². The summed E-state index contributed by atoms with van der Waals surface area (Å²) in [5.41, 5.74) is 0.0169. The molecule has 1 saturated heterocycles. The summed E-state index contributed by atoms with van der Waals surface area (Å²) in [7, 11) is 0. The van der Waals surface area contributed by atoms with Gasteiger partial charge in [-0.05, 0) is 12.3 Å². The van der Waals surface area contributed by atoms with Crippen molar-refractivity contribution < 1.29 is 9.72 Å². The molecule has 0 bridgehead atoms. The van der Waals surface area contributed by atoms with Crippen LogP contribution in [0.15, 0.2) is 23.9 Å². The Labute approximate surface area is 80.6 Å². The first-order valence-electron chi connectivity index (χ1n) is 4.50. The van der Waals surface area contributed by atoms with E-state index >= 15 is 0 Å². The Morgan fingerprint density at radius 2 is 2.36 bits per heavy atom. The zero-order valence-corrected chi connectivity index (χ0v) is 7.47. The maximum atomic E-state index is 11.4. The summed E-state index contributed by atoms with van der Waals surface area (Å²) in [4.78, 5) is 21.4. The van der Waals surface area contributed by atoms with Crippen LogP contribution in [0.25, 0.3) is 0 Å². The fourth-order valence-corrected chi connectivity index (χ4v) is 1.85. The van der Waals surface area contributed by atoms with E-state index in [0.29, 0.717) is 6.54 Å². The number of nitro groups is 1. The number of carbonyl (C=O) groups is 1. The highest BCUT2D eigenvalue weighted by molar-refractivity contribution is 5.82. The van der Waals surface area contributed by atoms with E-state index in [1.807, 2.05) is 0 Å². The number of nitrogens with zero attached hydrogens (tertiary/aromatic N) is 1. The molecule has 5 nitrogen and oxygen atoms in total. The molecule has 14 heavy (non-hydrogen) atoms. The van der Waals surface area contributed by atoms with Crippen molar-refractivity contribution in [2.45, 2.75) is 6.42 Å². The van der Waals surface area contributed by atoms with Crippen molar-refractivity contribution in [2.75, 3.05) is 6.54 Å². The summed E-state index contributed by atoms with van der Waals surface area (Å²) < 4.78 is 0. The molecule has 0 unspecified atom stereocenters. The van der Waals surface area contributed by atoms with Crippen molar-refractivity contribution in [3.63, 3.8) is 0 Å². The molecule has 0 saturated carbocycles. The van der Waals surface area contributed by atoms with E-state index in [9.17, 15) is 14.9 Å². The minimum Gasteiger partial charge on any atom is -0.356 e. The van der Waals surface area contributed by atoms with E-state index in [4.69, 9.17) is 0 Å². The van der Waals surface area contributed by atoms with Crippen molar-refractivity contribution in [3.8, 4) is 0 Å². The van der Waals surface area contributed by atoms with Crippen molar-refractivity contribution in [1.29, 1.82) is 0 Å². The van der Waals surface area contributed by atoms with Gasteiger partial charge in [0.05, 0.1) is 10.8 Å². The highest BCUT2D eigenvalue weighted by Gasteiger charge is 2.33. The predicted molar refractivity (Wildman–Crippen MR) is 48.8 cm³/mol. The normalized spacial score (nSPS) is 30.3. The molecule has 1 aliphatic carbocycles. The number of fused-ring (bicyclic) bond motifs is 1. The van der Waals surface area contributed by atoms with Crippen molar-refractivity contribution in [2.24, 2.45) is 11.8 Å². The highest BCUT2D eigenvalue weighted by Crippen LogP contribution is 2.28. The lowest BCUT2D eigenvalue weighted by molar-refractivity contribution is -0.419. The number of carbonyl (C=O) groups excluding carboxylic acids is 1. The molecule has 0 aromatic rings. The van der Waals surface area contributed by atoms with Crippen LogP contribution in [0.4, 0.5) is 0 Å². The second-order valence-electron chi connectivity index (χ2n) is 3.48. The first-order chi connectivity index (χ1) is 6.68. The number of allylic oxidation sites excluding steroid dienone is 2. The Kier molecular flexibility index (Phi) is 2.07. The molecule has 2 atom stereocenters. The third-order valence-electron chi connectivity index (χ3n) is 2.62. The number of amides is 1. The summed E-state index contributed by atoms with van der Waals surface area (Å²) in [6.07, 6.45) is 5.55. The Hall–Kier alpha value is -1.65. The molecule has 1 fully saturated rings. The minimum absolute atomic E-state index is 0.0169. The Balaban J connectivity index is 2.26. The summed E-state index contributed by atoms with van der Waals surface area (Å²) in [6.45, 7) is 0.659. The molecule has 0 aromatic heterocycles. The van der Waals surface area contributed by atoms with Crippen LogP contribution in [0.1, 0.15) is 6.42 Å².